The Labute approximate surface area is 135 Å². The van der Waals surface area contributed by atoms with Gasteiger partial charge in [-0.3, -0.25) is 4.79 Å². The van der Waals surface area contributed by atoms with E-state index >= 15 is 0 Å². The van der Waals surface area contributed by atoms with Gasteiger partial charge in [0.05, 0.1) is 17.1 Å². The Morgan fingerprint density at radius 2 is 1.96 bits per heavy atom. The Kier molecular flexibility index (Phi) is 6.71. The predicted octanol–water partition coefficient (Wildman–Crippen LogP) is 1.70. The summed E-state index contributed by atoms with van der Waals surface area (Å²) in [5.74, 6) is -1.86. The molecule has 7 nitrogen and oxygen atoms in total. The summed E-state index contributed by atoms with van der Waals surface area (Å²) in [6.07, 6.45) is 0.687. The topological polar surface area (TPSA) is 110 Å². The van der Waals surface area contributed by atoms with E-state index in [4.69, 9.17) is 9.84 Å². The van der Waals surface area contributed by atoms with Crippen LogP contribution >= 0.6 is 0 Å². The maximum atomic E-state index is 12.3. The number of hydrogen-bond donors (Lipinski definition) is 2. The van der Waals surface area contributed by atoms with Crippen LogP contribution in [0.25, 0.3) is 0 Å². The van der Waals surface area contributed by atoms with Crippen LogP contribution in [0.5, 0.6) is 0 Å². The summed E-state index contributed by atoms with van der Waals surface area (Å²) in [7, 11) is -4.05. The van der Waals surface area contributed by atoms with Crippen molar-refractivity contribution in [3.8, 4) is 0 Å². The number of aryl methyl sites for hydroxylation is 1. The Morgan fingerprint density at radius 3 is 2.48 bits per heavy atom. The minimum Gasteiger partial charge on any atom is -0.480 e. The SMILES string of the molecule is CCCC(NS(=O)(=O)c1ccc(C)c(C(=O)OCC)c1)C(=O)O. The maximum absolute atomic E-state index is 12.3. The monoisotopic (exact) mass is 343 g/mol. The minimum absolute atomic E-state index is 0.136. The zero-order valence-electron chi connectivity index (χ0n) is 13.3. The second-order valence-electron chi connectivity index (χ2n) is 5.00. The smallest absolute Gasteiger partial charge is 0.338 e. The molecular weight excluding hydrogens is 322 g/mol. The first-order chi connectivity index (χ1) is 10.7. The Balaban J connectivity index is 3.16. The minimum atomic E-state index is -4.05. The average Bonchev–Trinajstić information content (AvgIpc) is 2.46. The van der Waals surface area contributed by atoms with Crippen LogP contribution in [0, 0.1) is 6.92 Å². The van der Waals surface area contributed by atoms with Crippen LogP contribution in [0.15, 0.2) is 23.1 Å². The normalized spacial score (nSPS) is 12.7. The molecule has 0 aliphatic rings. The van der Waals surface area contributed by atoms with Crippen LogP contribution in [0.2, 0.25) is 0 Å². The molecule has 1 rings (SSSR count). The molecule has 0 spiro atoms. The third-order valence-corrected chi connectivity index (χ3v) is 4.66. The molecule has 128 valence electrons. The van der Waals surface area contributed by atoms with Gasteiger partial charge in [0, 0.05) is 0 Å². The van der Waals surface area contributed by atoms with E-state index < -0.39 is 28.0 Å². The van der Waals surface area contributed by atoms with Gasteiger partial charge in [0.2, 0.25) is 10.0 Å². The van der Waals surface area contributed by atoms with E-state index in [9.17, 15) is 18.0 Å². The second kappa shape index (κ2) is 8.07. The molecule has 0 bridgehead atoms. The molecule has 1 atom stereocenters. The van der Waals surface area contributed by atoms with Crippen molar-refractivity contribution in [3.05, 3.63) is 29.3 Å². The van der Waals surface area contributed by atoms with Gasteiger partial charge in [-0.05, 0) is 38.0 Å². The number of sulfonamides is 1. The first-order valence-electron chi connectivity index (χ1n) is 7.25. The van der Waals surface area contributed by atoms with E-state index in [1.165, 1.54) is 18.2 Å². The molecule has 0 aliphatic heterocycles. The molecule has 1 unspecified atom stereocenters. The summed E-state index contributed by atoms with van der Waals surface area (Å²) in [5, 5.41) is 9.07. The van der Waals surface area contributed by atoms with Crippen LogP contribution in [0.3, 0.4) is 0 Å². The number of aliphatic carboxylic acids is 1. The molecule has 0 aromatic heterocycles. The average molecular weight is 343 g/mol. The van der Waals surface area contributed by atoms with Crippen molar-refractivity contribution >= 4 is 22.0 Å². The van der Waals surface area contributed by atoms with Gasteiger partial charge in [-0.1, -0.05) is 19.4 Å². The van der Waals surface area contributed by atoms with Gasteiger partial charge in [0.15, 0.2) is 0 Å². The lowest BCUT2D eigenvalue weighted by molar-refractivity contribution is -0.139. The number of carboxylic acid groups (broad SMARTS) is 1. The van der Waals surface area contributed by atoms with Crippen LogP contribution < -0.4 is 4.72 Å². The fourth-order valence-electron chi connectivity index (χ4n) is 1.97. The summed E-state index contributed by atoms with van der Waals surface area (Å²) in [6, 6.07) is 2.79. The quantitative estimate of drug-likeness (QED) is 0.695. The fraction of sp³-hybridized carbons (Fsp3) is 0.467. The number of nitrogens with one attached hydrogen (secondary N) is 1. The summed E-state index contributed by atoms with van der Waals surface area (Å²) in [5.41, 5.74) is 0.711. The van der Waals surface area contributed by atoms with Crippen LogP contribution in [-0.4, -0.2) is 38.1 Å². The first kappa shape index (κ1) is 19.1. The van der Waals surface area contributed by atoms with Crippen LogP contribution in [0.1, 0.15) is 42.6 Å². The third-order valence-electron chi connectivity index (χ3n) is 3.19. The van der Waals surface area contributed by atoms with E-state index in [2.05, 4.69) is 4.72 Å². The molecule has 0 saturated carbocycles. The van der Waals surface area contributed by atoms with Crippen molar-refractivity contribution in [1.82, 2.24) is 4.72 Å². The zero-order chi connectivity index (χ0) is 17.6. The Hall–Kier alpha value is -1.93. The van der Waals surface area contributed by atoms with Crippen molar-refractivity contribution in [2.75, 3.05) is 6.61 Å². The zero-order valence-corrected chi connectivity index (χ0v) is 14.1. The molecule has 0 heterocycles. The molecular formula is C15H21NO6S. The number of carbonyl (C=O) groups excluding carboxylic acids is 1. The standard InChI is InChI=1S/C15H21NO6S/c1-4-6-13(14(17)18)16-23(20,21)11-8-7-10(3)12(9-11)15(19)22-5-2/h7-9,13,16H,4-6H2,1-3H3,(H,17,18). The molecule has 0 fully saturated rings. The third kappa shape index (κ3) is 5.04. The lowest BCUT2D eigenvalue weighted by Gasteiger charge is -2.15. The summed E-state index contributed by atoms with van der Waals surface area (Å²) in [4.78, 5) is 22.8. The first-order valence-corrected chi connectivity index (χ1v) is 8.74. The lowest BCUT2D eigenvalue weighted by atomic mass is 10.1. The van der Waals surface area contributed by atoms with Gasteiger partial charge < -0.3 is 9.84 Å². The lowest BCUT2D eigenvalue weighted by Crippen LogP contribution is -2.40. The van der Waals surface area contributed by atoms with Crippen molar-refractivity contribution in [2.24, 2.45) is 0 Å². The summed E-state index contributed by atoms with van der Waals surface area (Å²) < 4.78 is 31.7. The highest BCUT2D eigenvalue weighted by molar-refractivity contribution is 7.89. The van der Waals surface area contributed by atoms with E-state index in [0.29, 0.717) is 12.0 Å². The molecule has 8 heteroatoms. The van der Waals surface area contributed by atoms with Gasteiger partial charge in [-0.2, -0.15) is 4.72 Å². The van der Waals surface area contributed by atoms with Crippen molar-refractivity contribution in [1.29, 1.82) is 0 Å². The van der Waals surface area contributed by atoms with E-state index in [1.807, 2.05) is 0 Å². The molecule has 1 aromatic rings. The summed E-state index contributed by atoms with van der Waals surface area (Å²) >= 11 is 0. The number of benzene rings is 1. The number of carboxylic acids is 1. The number of carbonyl (C=O) groups is 2. The molecule has 0 saturated heterocycles. The van der Waals surface area contributed by atoms with E-state index in [0.717, 1.165) is 0 Å². The highest BCUT2D eigenvalue weighted by Crippen LogP contribution is 2.17. The second-order valence-corrected chi connectivity index (χ2v) is 6.71. The molecule has 2 N–H and O–H groups in total. The maximum Gasteiger partial charge on any atom is 0.338 e. The molecule has 23 heavy (non-hydrogen) atoms. The van der Waals surface area contributed by atoms with Gasteiger partial charge >= 0.3 is 11.9 Å². The van der Waals surface area contributed by atoms with E-state index in [-0.39, 0.29) is 23.5 Å². The highest BCUT2D eigenvalue weighted by atomic mass is 32.2. The van der Waals surface area contributed by atoms with Gasteiger partial charge in [0.25, 0.3) is 0 Å². The fourth-order valence-corrected chi connectivity index (χ4v) is 3.22. The van der Waals surface area contributed by atoms with Crippen molar-refractivity contribution in [3.63, 3.8) is 0 Å². The van der Waals surface area contributed by atoms with Crippen LogP contribution in [0.4, 0.5) is 0 Å². The predicted molar refractivity (Wildman–Crippen MR) is 83.8 cm³/mol. The molecule has 1 aromatic carbocycles. The van der Waals surface area contributed by atoms with Gasteiger partial charge in [0.1, 0.15) is 6.04 Å². The molecule has 0 aliphatic carbocycles. The number of ether oxygens (including phenoxy) is 1. The van der Waals surface area contributed by atoms with Crippen molar-refractivity contribution < 1.29 is 27.9 Å². The Bertz CT molecular complexity index is 683. The number of hydrogen-bond acceptors (Lipinski definition) is 5. The highest BCUT2D eigenvalue weighted by Gasteiger charge is 2.25. The largest absolute Gasteiger partial charge is 0.480 e. The molecule has 0 amide bonds. The number of rotatable bonds is 8. The molecule has 0 radical (unpaired) electrons. The van der Waals surface area contributed by atoms with E-state index in [1.54, 1.807) is 20.8 Å². The van der Waals surface area contributed by atoms with Gasteiger partial charge in [-0.25, -0.2) is 13.2 Å². The number of esters is 1. The van der Waals surface area contributed by atoms with Crippen molar-refractivity contribution in [2.45, 2.75) is 44.6 Å². The van der Waals surface area contributed by atoms with Gasteiger partial charge in [-0.15, -0.1) is 0 Å². The summed E-state index contributed by atoms with van der Waals surface area (Å²) in [6.45, 7) is 5.24. The Morgan fingerprint density at radius 1 is 1.30 bits per heavy atom. The van der Waals surface area contributed by atoms with Crippen LogP contribution in [-0.2, 0) is 19.6 Å².